The summed E-state index contributed by atoms with van der Waals surface area (Å²) in [6.07, 6.45) is 1.21. The molecule has 0 radical (unpaired) electrons. The van der Waals surface area contributed by atoms with E-state index in [4.69, 9.17) is 17.3 Å². The molecule has 0 unspecified atom stereocenters. The van der Waals surface area contributed by atoms with Gasteiger partial charge in [-0.25, -0.2) is 4.98 Å². The summed E-state index contributed by atoms with van der Waals surface area (Å²) in [6, 6.07) is 7.76. The van der Waals surface area contributed by atoms with E-state index in [0.29, 0.717) is 29.1 Å². The molecule has 0 bridgehead atoms. The molecule has 1 aliphatic heterocycles. The molecule has 1 amide bonds. The van der Waals surface area contributed by atoms with Gasteiger partial charge < -0.3 is 10.6 Å². The van der Waals surface area contributed by atoms with Crippen molar-refractivity contribution >= 4 is 28.8 Å². The zero-order valence-electron chi connectivity index (χ0n) is 12.8. The summed E-state index contributed by atoms with van der Waals surface area (Å²) in [5, 5.41) is 1.52. The van der Waals surface area contributed by atoms with Crippen LogP contribution in [0.25, 0.3) is 10.4 Å². The summed E-state index contributed by atoms with van der Waals surface area (Å²) in [7, 11) is 0. The minimum absolute atomic E-state index is 0.00748. The molecule has 23 heavy (non-hydrogen) atoms. The summed E-state index contributed by atoms with van der Waals surface area (Å²) in [5.41, 5.74) is 7.29. The van der Waals surface area contributed by atoms with Crippen molar-refractivity contribution in [1.29, 1.82) is 0 Å². The average Bonchev–Trinajstić information content (AvgIpc) is 3.05. The molecule has 2 aliphatic rings. The Morgan fingerprint density at radius 2 is 2.26 bits per heavy atom. The lowest BCUT2D eigenvalue weighted by atomic mass is 10.1. The van der Waals surface area contributed by atoms with Crippen LogP contribution >= 0.6 is 22.9 Å². The Morgan fingerprint density at radius 1 is 1.48 bits per heavy atom. The Hall–Kier alpha value is -1.43. The maximum Gasteiger partial charge on any atom is 0.274 e. The number of rotatable bonds is 3. The quantitative estimate of drug-likeness (QED) is 0.927. The summed E-state index contributed by atoms with van der Waals surface area (Å²) in [6.45, 7) is 3.25. The fourth-order valence-corrected chi connectivity index (χ4v) is 4.88. The lowest BCUT2D eigenvalue weighted by Gasteiger charge is -2.26. The molecule has 3 atom stereocenters. The Morgan fingerprint density at radius 3 is 3.00 bits per heavy atom. The highest BCUT2D eigenvalue weighted by atomic mass is 35.5. The Balaban J connectivity index is 1.72. The molecule has 120 valence electrons. The van der Waals surface area contributed by atoms with Crippen LogP contribution in [0.4, 0.5) is 0 Å². The summed E-state index contributed by atoms with van der Waals surface area (Å²) in [4.78, 5) is 20.4. The molecule has 1 aromatic heterocycles. The highest BCUT2D eigenvalue weighted by Gasteiger charge is 2.53. The number of fused-ring (bicyclic) bond motifs is 1. The highest BCUT2D eigenvalue weighted by molar-refractivity contribution is 7.15. The van der Waals surface area contributed by atoms with Crippen LogP contribution in [0.5, 0.6) is 0 Å². The average molecular weight is 348 g/mol. The molecule has 2 fully saturated rings. The van der Waals surface area contributed by atoms with E-state index in [2.05, 4.69) is 4.98 Å². The van der Waals surface area contributed by atoms with E-state index in [1.165, 1.54) is 17.8 Å². The van der Waals surface area contributed by atoms with Crippen LogP contribution in [0.1, 0.15) is 21.9 Å². The van der Waals surface area contributed by atoms with Gasteiger partial charge in [-0.2, -0.15) is 0 Å². The number of aromatic nitrogens is 1. The van der Waals surface area contributed by atoms with E-state index in [0.717, 1.165) is 22.0 Å². The topological polar surface area (TPSA) is 59.2 Å². The number of hydrogen-bond acceptors (Lipinski definition) is 4. The number of nitrogens with two attached hydrogens (primary N) is 1. The van der Waals surface area contributed by atoms with E-state index < -0.39 is 0 Å². The van der Waals surface area contributed by atoms with Crippen LogP contribution in [-0.2, 0) is 0 Å². The van der Waals surface area contributed by atoms with Crippen molar-refractivity contribution in [3.8, 4) is 10.4 Å². The van der Waals surface area contributed by atoms with Crippen molar-refractivity contribution < 1.29 is 4.79 Å². The van der Waals surface area contributed by atoms with Gasteiger partial charge in [0.05, 0.1) is 9.88 Å². The number of halogens is 1. The number of aryl methyl sites for hydroxylation is 1. The normalized spacial score (nSPS) is 25.5. The number of benzene rings is 1. The molecule has 2 heterocycles. The fraction of sp³-hybridized carbons (Fsp3) is 0.412. The first kappa shape index (κ1) is 15.1. The number of nitrogens with zero attached hydrogens (tertiary/aromatic N) is 2. The number of hydrogen-bond donors (Lipinski definition) is 1. The van der Waals surface area contributed by atoms with Crippen molar-refractivity contribution in [2.24, 2.45) is 17.6 Å². The minimum Gasteiger partial charge on any atom is -0.332 e. The van der Waals surface area contributed by atoms with Crippen LogP contribution in [0.2, 0.25) is 5.02 Å². The number of carbonyl (C=O) groups is 1. The van der Waals surface area contributed by atoms with Gasteiger partial charge in [-0.05, 0) is 31.2 Å². The molecular weight excluding hydrogens is 330 g/mol. The molecule has 0 spiro atoms. The molecule has 1 saturated carbocycles. The smallest absolute Gasteiger partial charge is 0.274 e. The zero-order valence-corrected chi connectivity index (χ0v) is 14.4. The van der Waals surface area contributed by atoms with Crippen LogP contribution in [-0.4, -0.2) is 34.9 Å². The van der Waals surface area contributed by atoms with Crippen LogP contribution in [0.3, 0.4) is 0 Å². The first-order valence-corrected chi connectivity index (χ1v) is 9.03. The van der Waals surface area contributed by atoms with Crippen LogP contribution < -0.4 is 5.73 Å². The number of thiazole rings is 1. The highest BCUT2D eigenvalue weighted by Crippen LogP contribution is 2.50. The monoisotopic (exact) mass is 347 g/mol. The molecule has 4 nitrogen and oxygen atoms in total. The van der Waals surface area contributed by atoms with Gasteiger partial charge in [0, 0.05) is 29.7 Å². The predicted molar refractivity (Wildman–Crippen MR) is 92.8 cm³/mol. The SMILES string of the molecule is Cc1nc(C(=O)N2C[C@H]3C[C@H]3[C@H]2CN)c(-c2ccccc2Cl)s1. The molecular formula is C17H18ClN3OS. The van der Waals surface area contributed by atoms with E-state index >= 15 is 0 Å². The summed E-state index contributed by atoms with van der Waals surface area (Å²) in [5.74, 6) is 1.22. The van der Waals surface area contributed by atoms with Crippen molar-refractivity contribution in [2.75, 3.05) is 13.1 Å². The zero-order chi connectivity index (χ0) is 16.1. The molecule has 2 aromatic rings. The third-order valence-corrected chi connectivity index (χ3v) is 6.19. The molecule has 1 saturated heterocycles. The second-order valence-corrected chi connectivity index (χ2v) is 7.92. The van der Waals surface area contributed by atoms with Crippen molar-refractivity contribution in [3.05, 3.63) is 40.0 Å². The van der Waals surface area contributed by atoms with Gasteiger partial charge in [0.25, 0.3) is 5.91 Å². The Bertz CT molecular complexity index is 775. The van der Waals surface area contributed by atoms with Gasteiger partial charge in [-0.1, -0.05) is 29.8 Å². The lowest BCUT2D eigenvalue weighted by molar-refractivity contribution is 0.0708. The second-order valence-electron chi connectivity index (χ2n) is 6.31. The standard InChI is InChI=1S/C17H18ClN3OS/c1-9-20-15(16(23-9)11-4-2-3-5-13(11)18)17(22)21-8-10-6-12(10)14(21)7-19/h2-5,10,12,14H,6-8,19H2,1H3/t10-,12-,14-/m1/s1. The molecule has 4 rings (SSSR count). The molecule has 6 heteroatoms. The predicted octanol–water partition coefficient (Wildman–Crippen LogP) is 3.19. The second kappa shape index (κ2) is 5.58. The van der Waals surface area contributed by atoms with Crippen molar-refractivity contribution in [1.82, 2.24) is 9.88 Å². The fourth-order valence-electron chi connectivity index (χ4n) is 3.64. The van der Waals surface area contributed by atoms with Gasteiger partial charge in [0.2, 0.25) is 0 Å². The van der Waals surface area contributed by atoms with Gasteiger partial charge in [0.15, 0.2) is 0 Å². The maximum absolute atomic E-state index is 13.1. The van der Waals surface area contributed by atoms with E-state index in [9.17, 15) is 4.79 Å². The number of amides is 1. The van der Waals surface area contributed by atoms with Gasteiger partial charge in [-0.15, -0.1) is 11.3 Å². The number of carbonyl (C=O) groups excluding carboxylic acids is 1. The van der Waals surface area contributed by atoms with Crippen LogP contribution in [0, 0.1) is 18.8 Å². The first-order valence-electron chi connectivity index (χ1n) is 7.83. The van der Waals surface area contributed by atoms with E-state index in [1.807, 2.05) is 36.1 Å². The first-order chi connectivity index (χ1) is 11.1. The third-order valence-electron chi connectivity index (χ3n) is 4.86. The maximum atomic E-state index is 13.1. The lowest BCUT2D eigenvalue weighted by Crippen LogP contribution is -2.43. The largest absolute Gasteiger partial charge is 0.332 e. The Kier molecular flexibility index (Phi) is 3.67. The minimum atomic E-state index is -0.00748. The van der Waals surface area contributed by atoms with Gasteiger partial charge in [-0.3, -0.25) is 4.79 Å². The molecule has 1 aromatic carbocycles. The van der Waals surface area contributed by atoms with Gasteiger partial charge >= 0.3 is 0 Å². The molecule has 1 aliphatic carbocycles. The number of likely N-dealkylation sites (tertiary alicyclic amines) is 1. The third kappa shape index (κ3) is 2.47. The summed E-state index contributed by atoms with van der Waals surface area (Å²) >= 11 is 7.84. The van der Waals surface area contributed by atoms with E-state index in [-0.39, 0.29) is 11.9 Å². The van der Waals surface area contributed by atoms with E-state index in [1.54, 1.807) is 0 Å². The number of piperidine rings is 1. The Labute approximate surface area is 144 Å². The van der Waals surface area contributed by atoms with Crippen molar-refractivity contribution in [3.63, 3.8) is 0 Å². The molecule has 2 N–H and O–H groups in total. The van der Waals surface area contributed by atoms with Crippen molar-refractivity contribution in [2.45, 2.75) is 19.4 Å². The van der Waals surface area contributed by atoms with Crippen LogP contribution in [0.15, 0.2) is 24.3 Å². The van der Waals surface area contributed by atoms with Gasteiger partial charge in [0.1, 0.15) is 5.69 Å². The summed E-state index contributed by atoms with van der Waals surface area (Å²) < 4.78 is 0.